The van der Waals surface area contributed by atoms with E-state index in [0.29, 0.717) is 0 Å². The smallest absolute Gasteiger partial charge is 0.0863 e. The molecule has 8 heavy (non-hydrogen) atoms. The van der Waals surface area contributed by atoms with Crippen LogP contribution in [0.1, 0.15) is 0 Å². The highest BCUT2D eigenvalue weighted by molar-refractivity contribution is 8.05. The zero-order valence-electron chi connectivity index (χ0n) is 4.66. The van der Waals surface area contributed by atoms with Gasteiger partial charge in [-0.3, -0.25) is 0 Å². The number of nitrogens with zero attached hydrogens (tertiary/aromatic N) is 1. The van der Waals surface area contributed by atoms with E-state index in [1.54, 1.807) is 0 Å². The fraction of sp³-hybridized carbons (Fsp3) is 0.200. The predicted octanol–water partition coefficient (Wildman–Crippen LogP) is 0.894. The van der Waals surface area contributed by atoms with Gasteiger partial charge in [-0.2, -0.15) is 0 Å². The highest BCUT2D eigenvalue weighted by atomic mass is 32.2. The Labute approximate surface area is 53.0 Å². The summed E-state index contributed by atoms with van der Waals surface area (Å²) in [6.07, 6.45) is 3.84. The van der Waals surface area contributed by atoms with E-state index in [1.165, 1.54) is 11.8 Å². The monoisotopic (exact) mass is 128 g/mol. The minimum Gasteiger partial charge on any atom is -0.392 e. The molecule has 1 aliphatic rings. The van der Waals surface area contributed by atoms with Crippen molar-refractivity contribution < 1.29 is 0 Å². The molecule has 0 saturated heterocycles. The van der Waals surface area contributed by atoms with Crippen LogP contribution in [0.15, 0.2) is 22.8 Å². The van der Waals surface area contributed by atoms with Crippen molar-refractivity contribution in [2.75, 3.05) is 7.05 Å². The van der Waals surface area contributed by atoms with Gasteiger partial charge in [0.05, 0.1) is 5.03 Å². The molecule has 1 aliphatic heterocycles. The van der Waals surface area contributed by atoms with Crippen LogP contribution in [-0.4, -0.2) is 11.9 Å². The second-order valence-electron chi connectivity index (χ2n) is 1.60. The van der Waals surface area contributed by atoms with Gasteiger partial charge < -0.3 is 10.6 Å². The number of rotatable bonds is 0. The fourth-order valence-corrected chi connectivity index (χ4v) is 1.12. The molecule has 0 amide bonds. The first-order chi connectivity index (χ1) is 3.79. The van der Waals surface area contributed by atoms with Crippen LogP contribution in [0.5, 0.6) is 0 Å². The first kappa shape index (κ1) is 5.56. The molecular weight excluding hydrogens is 120 g/mol. The minimum absolute atomic E-state index is 0.843. The second-order valence-corrected chi connectivity index (χ2v) is 2.58. The van der Waals surface area contributed by atoms with Gasteiger partial charge in [-0.25, -0.2) is 0 Å². The summed E-state index contributed by atoms with van der Waals surface area (Å²) in [5, 5.41) is 2.80. The van der Waals surface area contributed by atoms with Crippen molar-refractivity contribution in [3.8, 4) is 0 Å². The molecule has 1 rings (SSSR count). The topological polar surface area (TPSA) is 29.3 Å². The van der Waals surface area contributed by atoms with Crippen LogP contribution in [0.25, 0.3) is 0 Å². The van der Waals surface area contributed by atoms with E-state index in [1.807, 2.05) is 29.8 Å². The Morgan fingerprint density at radius 2 is 2.50 bits per heavy atom. The quantitative estimate of drug-likeness (QED) is 0.525. The molecular formula is C5H8N2S. The van der Waals surface area contributed by atoms with Gasteiger partial charge in [0, 0.05) is 19.4 Å². The number of hydrogen-bond acceptors (Lipinski definition) is 3. The third-order valence-corrected chi connectivity index (χ3v) is 1.47. The van der Waals surface area contributed by atoms with E-state index < -0.39 is 0 Å². The van der Waals surface area contributed by atoms with Crippen LogP contribution in [-0.2, 0) is 0 Å². The van der Waals surface area contributed by atoms with Crippen LogP contribution in [0.4, 0.5) is 0 Å². The van der Waals surface area contributed by atoms with Crippen molar-refractivity contribution in [2.24, 2.45) is 5.73 Å². The molecule has 2 nitrogen and oxygen atoms in total. The Hall–Kier alpha value is -0.570. The molecule has 0 radical (unpaired) electrons. The van der Waals surface area contributed by atoms with E-state index in [2.05, 4.69) is 0 Å². The van der Waals surface area contributed by atoms with Crippen LogP contribution in [0, 0.1) is 0 Å². The van der Waals surface area contributed by atoms with Crippen molar-refractivity contribution in [1.82, 2.24) is 4.90 Å². The molecule has 2 N–H and O–H groups in total. The summed E-state index contributed by atoms with van der Waals surface area (Å²) < 4.78 is 0. The van der Waals surface area contributed by atoms with Crippen molar-refractivity contribution in [2.45, 2.75) is 0 Å². The molecule has 0 spiro atoms. The van der Waals surface area contributed by atoms with E-state index in [0.717, 1.165) is 5.03 Å². The van der Waals surface area contributed by atoms with Crippen LogP contribution >= 0.6 is 11.8 Å². The highest BCUT2D eigenvalue weighted by Gasteiger charge is 1.94. The Bertz CT molecular complexity index is 139. The molecule has 0 aromatic rings. The highest BCUT2D eigenvalue weighted by Crippen LogP contribution is 2.15. The van der Waals surface area contributed by atoms with Gasteiger partial charge in [-0.15, -0.1) is 0 Å². The maximum absolute atomic E-state index is 5.46. The normalized spacial score (nSPS) is 18.6. The van der Waals surface area contributed by atoms with E-state index in [4.69, 9.17) is 5.73 Å². The lowest BCUT2D eigenvalue weighted by Crippen LogP contribution is -2.07. The SMILES string of the molecule is CN1C=CSC(N)=C1. The molecule has 0 aromatic carbocycles. The lowest BCUT2D eigenvalue weighted by Gasteiger charge is -2.11. The molecule has 0 unspecified atom stereocenters. The standard InChI is InChI=1S/C5H8N2S/c1-7-2-3-8-5(6)4-7/h2-4H,6H2,1H3. The van der Waals surface area contributed by atoms with Gasteiger partial charge >= 0.3 is 0 Å². The molecule has 1 heterocycles. The zero-order chi connectivity index (χ0) is 5.98. The molecule has 44 valence electrons. The first-order valence-electron chi connectivity index (χ1n) is 2.31. The molecule has 0 aliphatic carbocycles. The van der Waals surface area contributed by atoms with Gasteiger partial charge in [-0.1, -0.05) is 11.8 Å². The second kappa shape index (κ2) is 2.13. The Balaban J connectivity index is 2.60. The Morgan fingerprint density at radius 1 is 1.75 bits per heavy atom. The first-order valence-corrected chi connectivity index (χ1v) is 3.19. The largest absolute Gasteiger partial charge is 0.392 e. The number of nitrogens with two attached hydrogens (primary N) is 1. The number of thioether (sulfide) groups is 1. The summed E-state index contributed by atoms with van der Waals surface area (Å²) >= 11 is 1.54. The van der Waals surface area contributed by atoms with Crippen molar-refractivity contribution in [1.29, 1.82) is 0 Å². The fourth-order valence-electron chi connectivity index (χ4n) is 0.479. The van der Waals surface area contributed by atoms with E-state index >= 15 is 0 Å². The van der Waals surface area contributed by atoms with E-state index in [9.17, 15) is 0 Å². The summed E-state index contributed by atoms with van der Waals surface area (Å²) in [4.78, 5) is 1.92. The third-order valence-electron chi connectivity index (χ3n) is 0.831. The van der Waals surface area contributed by atoms with Crippen molar-refractivity contribution >= 4 is 11.8 Å². The molecule has 0 atom stereocenters. The third kappa shape index (κ3) is 1.20. The van der Waals surface area contributed by atoms with Gasteiger partial charge in [0.15, 0.2) is 0 Å². The van der Waals surface area contributed by atoms with Gasteiger partial charge in [-0.05, 0) is 5.41 Å². The van der Waals surface area contributed by atoms with Gasteiger partial charge in [0.1, 0.15) is 0 Å². The predicted molar refractivity (Wildman–Crippen MR) is 36.8 cm³/mol. The van der Waals surface area contributed by atoms with Crippen LogP contribution < -0.4 is 5.73 Å². The maximum Gasteiger partial charge on any atom is 0.0863 e. The summed E-state index contributed by atoms with van der Waals surface area (Å²) in [7, 11) is 1.95. The van der Waals surface area contributed by atoms with Gasteiger partial charge in [0.25, 0.3) is 0 Å². The van der Waals surface area contributed by atoms with Gasteiger partial charge in [0.2, 0.25) is 0 Å². The maximum atomic E-state index is 5.46. The Morgan fingerprint density at radius 3 is 2.88 bits per heavy atom. The average molecular weight is 128 g/mol. The van der Waals surface area contributed by atoms with Crippen molar-refractivity contribution in [3.63, 3.8) is 0 Å². The summed E-state index contributed by atoms with van der Waals surface area (Å²) in [5.41, 5.74) is 5.46. The lowest BCUT2D eigenvalue weighted by atomic mass is 10.7. The molecule has 3 heteroatoms. The van der Waals surface area contributed by atoms with E-state index in [-0.39, 0.29) is 0 Å². The zero-order valence-corrected chi connectivity index (χ0v) is 5.48. The lowest BCUT2D eigenvalue weighted by molar-refractivity contribution is 0.622. The summed E-state index contributed by atoms with van der Waals surface area (Å²) in [6.45, 7) is 0. The molecule has 0 bridgehead atoms. The van der Waals surface area contributed by atoms with Crippen LogP contribution in [0.2, 0.25) is 0 Å². The van der Waals surface area contributed by atoms with Crippen molar-refractivity contribution in [3.05, 3.63) is 22.8 Å². The minimum atomic E-state index is 0.843. The molecule has 0 fully saturated rings. The van der Waals surface area contributed by atoms with Crippen LogP contribution in [0.3, 0.4) is 0 Å². The summed E-state index contributed by atoms with van der Waals surface area (Å²) in [5.74, 6) is 0. The summed E-state index contributed by atoms with van der Waals surface area (Å²) in [6, 6.07) is 0. The Kier molecular flexibility index (Phi) is 1.48. The number of hydrogen-bond donors (Lipinski definition) is 1. The average Bonchev–Trinajstić information content (AvgIpc) is 1.64. The molecule has 0 aromatic heterocycles. The molecule has 0 saturated carbocycles.